The molecule has 0 fully saturated rings. The third-order valence-corrected chi connectivity index (χ3v) is 5.69. The molecule has 11 heteroatoms. The summed E-state index contributed by atoms with van der Waals surface area (Å²) in [5.41, 5.74) is 0.370. The summed E-state index contributed by atoms with van der Waals surface area (Å²) in [6.07, 6.45) is 3.72. The van der Waals surface area contributed by atoms with Gasteiger partial charge in [0.1, 0.15) is 23.7 Å². The van der Waals surface area contributed by atoms with Gasteiger partial charge in [-0.3, -0.25) is 9.59 Å². The lowest BCUT2D eigenvalue weighted by Gasteiger charge is -2.29. The number of carbonyl (C=O) groups excluding carboxylic acids is 3. The Labute approximate surface area is 229 Å². The fourth-order valence-electron chi connectivity index (χ4n) is 3.77. The fraction of sp³-hybridized carbons (Fsp3) is 0.500. The largest absolute Gasteiger partial charge is 0.494 e. The van der Waals surface area contributed by atoms with E-state index in [1.165, 1.54) is 53.5 Å². The van der Waals surface area contributed by atoms with E-state index in [1.54, 1.807) is 13.0 Å². The highest BCUT2D eigenvalue weighted by molar-refractivity contribution is 5.98. The van der Waals surface area contributed by atoms with Crippen LogP contribution in [0, 0.1) is 11.8 Å². The van der Waals surface area contributed by atoms with Crippen LogP contribution in [0.15, 0.2) is 48.2 Å². The average molecular weight is 551 g/mol. The molecule has 0 saturated heterocycles. The molecule has 0 radical (unpaired) electrons. The van der Waals surface area contributed by atoms with Crippen LogP contribution in [0.3, 0.4) is 0 Å². The Bertz CT molecular complexity index is 1080. The molecule has 3 atom stereocenters. The molecule has 1 rings (SSSR count). The molecule has 1 aromatic rings. The van der Waals surface area contributed by atoms with E-state index in [9.17, 15) is 18.8 Å². The maximum Gasteiger partial charge on any atom is 0.328 e. The monoisotopic (exact) mass is 550 g/mol. The number of nitrogens with zero attached hydrogens (tertiary/aromatic N) is 1. The van der Waals surface area contributed by atoms with Crippen molar-refractivity contribution in [1.82, 2.24) is 10.3 Å². The zero-order chi connectivity index (χ0) is 29.7. The van der Waals surface area contributed by atoms with Crippen molar-refractivity contribution in [1.29, 1.82) is 0 Å². The first kappa shape index (κ1) is 33.3. The molecular formula is C28H39FN2O8. The zero-order valence-corrected chi connectivity index (χ0v) is 23.8. The molecule has 0 bridgehead atoms. The SMILES string of the molecule is C=C(/C=C\C(OC)=C(/C)F)[C@H](C(C)C)[C@H](C)OC(=O)[C@H](C)NC(=O)c1nccc(OC)c1OC(=O)CCOC. The number of aromatic nitrogens is 1. The number of hydrogen-bond acceptors (Lipinski definition) is 9. The Morgan fingerprint density at radius 3 is 2.33 bits per heavy atom. The lowest BCUT2D eigenvalue weighted by atomic mass is 9.84. The molecule has 0 aliphatic carbocycles. The quantitative estimate of drug-likeness (QED) is 0.193. The van der Waals surface area contributed by atoms with E-state index in [2.05, 4.69) is 16.9 Å². The van der Waals surface area contributed by atoms with Crippen molar-refractivity contribution >= 4 is 17.8 Å². The topological polar surface area (TPSA) is 122 Å². The second-order valence-corrected chi connectivity index (χ2v) is 9.02. The number of rotatable bonds is 15. The van der Waals surface area contributed by atoms with Gasteiger partial charge in [-0.1, -0.05) is 26.5 Å². The van der Waals surface area contributed by atoms with Crippen LogP contribution >= 0.6 is 0 Å². The van der Waals surface area contributed by atoms with E-state index in [1.807, 2.05) is 13.8 Å². The van der Waals surface area contributed by atoms with Crippen molar-refractivity contribution in [2.45, 2.75) is 53.2 Å². The number of nitrogens with one attached hydrogen (secondary N) is 1. The van der Waals surface area contributed by atoms with Gasteiger partial charge in [-0.2, -0.15) is 0 Å². The Kier molecular flexibility index (Phi) is 13.9. The van der Waals surface area contributed by atoms with Crippen LogP contribution in [0.2, 0.25) is 0 Å². The van der Waals surface area contributed by atoms with Gasteiger partial charge in [0.05, 0.1) is 27.2 Å². The summed E-state index contributed by atoms with van der Waals surface area (Å²) in [5.74, 6) is -2.88. The number of amides is 1. The van der Waals surface area contributed by atoms with Crippen LogP contribution in [0.1, 0.15) is 51.5 Å². The number of ether oxygens (including phenoxy) is 5. The Morgan fingerprint density at radius 2 is 1.79 bits per heavy atom. The average Bonchev–Trinajstić information content (AvgIpc) is 2.87. The summed E-state index contributed by atoms with van der Waals surface area (Å²) in [6.45, 7) is 12.5. The van der Waals surface area contributed by atoms with Gasteiger partial charge in [0.15, 0.2) is 11.4 Å². The van der Waals surface area contributed by atoms with Gasteiger partial charge < -0.3 is 29.0 Å². The number of pyridine rings is 1. The molecule has 10 nitrogen and oxygen atoms in total. The second-order valence-electron chi connectivity index (χ2n) is 9.02. The maximum absolute atomic E-state index is 13.5. The molecule has 0 aliphatic heterocycles. The first-order valence-corrected chi connectivity index (χ1v) is 12.4. The Hall–Kier alpha value is -3.73. The summed E-state index contributed by atoms with van der Waals surface area (Å²) in [6, 6.07) is 0.363. The van der Waals surface area contributed by atoms with E-state index in [0.29, 0.717) is 5.57 Å². The number of allylic oxidation sites excluding steroid dienone is 3. The summed E-state index contributed by atoms with van der Waals surface area (Å²) < 4.78 is 39.6. The lowest BCUT2D eigenvalue weighted by Crippen LogP contribution is -2.42. The number of methoxy groups -OCH3 is 3. The molecule has 216 valence electrons. The van der Waals surface area contributed by atoms with Gasteiger partial charge in [-0.15, -0.1) is 0 Å². The minimum atomic E-state index is -1.07. The molecule has 1 amide bonds. The normalized spacial score (nSPS) is 14.2. The second kappa shape index (κ2) is 16.3. The third kappa shape index (κ3) is 10.2. The first-order chi connectivity index (χ1) is 18.4. The zero-order valence-electron chi connectivity index (χ0n) is 23.8. The molecule has 39 heavy (non-hydrogen) atoms. The number of carbonyl (C=O) groups is 3. The highest BCUT2D eigenvalue weighted by Crippen LogP contribution is 2.30. The van der Waals surface area contributed by atoms with Crippen molar-refractivity contribution in [3.8, 4) is 11.5 Å². The highest BCUT2D eigenvalue weighted by atomic mass is 19.1. The number of hydrogen-bond donors (Lipinski definition) is 1. The predicted octanol–water partition coefficient (Wildman–Crippen LogP) is 4.31. The number of esters is 2. The smallest absolute Gasteiger partial charge is 0.328 e. The van der Waals surface area contributed by atoms with Crippen molar-refractivity contribution < 1.29 is 42.5 Å². The van der Waals surface area contributed by atoms with Gasteiger partial charge in [0.25, 0.3) is 5.91 Å². The van der Waals surface area contributed by atoms with Crippen molar-refractivity contribution in [3.63, 3.8) is 0 Å². The van der Waals surface area contributed by atoms with Gasteiger partial charge in [0.2, 0.25) is 5.75 Å². The van der Waals surface area contributed by atoms with E-state index in [4.69, 9.17) is 23.7 Å². The summed E-state index contributed by atoms with van der Waals surface area (Å²) in [7, 11) is 4.15. The van der Waals surface area contributed by atoms with Gasteiger partial charge >= 0.3 is 11.9 Å². The van der Waals surface area contributed by atoms with Crippen molar-refractivity contribution in [2.75, 3.05) is 27.9 Å². The minimum absolute atomic E-state index is 0.0210. The van der Waals surface area contributed by atoms with Crippen LogP contribution < -0.4 is 14.8 Å². The van der Waals surface area contributed by atoms with Crippen LogP contribution in [-0.2, 0) is 23.8 Å². The van der Waals surface area contributed by atoms with Crippen LogP contribution in [-0.4, -0.2) is 62.9 Å². The Morgan fingerprint density at radius 1 is 1.13 bits per heavy atom. The molecule has 1 heterocycles. The van der Waals surface area contributed by atoms with Crippen molar-refractivity contribution in [3.05, 3.63) is 53.8 Å². The van der Waals surface area contributed by atoms with Gasteiger partial charge in [-0.25, -0.2) is 14.2 Å². The Balaban J connectivity index is 3.00. The summed E-state index contributed by atoms with van der Waals surface area (Å²) in [5, 5.41) is 2.52. The first-order valence-electron chi connectivity index (χ1n) is 12.4. The minimum Gasteiger partial charge on any atom is -0.494 e. The van der Waals surface area contributed by atoms with Crippen molar-refractivity contribution in [2.24, 2.45) is 11.8 Å². The van der Waals surface area contributed by atoms with E-state index < -0.39 is 35.8 Å². The molecule has 0 saturated carbocycles. The number of halogens is 1. The molecule has 1 N–H and O–H groups in total. The maximum atomic E-state index is 13.5. The molecular weight excluding hydrogens is 511 g/mol. The molecule has 1 aromatic heterocycles. The third-order valence-electron chi connectivity index (χ3n) is 5.69. The van der Waals surface area contributed by atoms with Gasteiger partial charge in [0, 0.05) is 25.3 Å². The fourth-order valence-corrected chi connectivity index (χ4v) is 3.77. The lowest BCUT2D eigenvalue weighted by molar-refractivity contribution is -0.152. The molecule has 0 unspecified atom stereocenters. The van der Waals surface area contributed by atoms with Gasteiger partial charge in [-0.05, 0) is 38.3 Å². The molecule has 0 aliphatic rings. The molecule has 0 spiro atoms. The van der Waals surface area contributed by atoms with E-state index in [-0.39, 0.29) is 47.8 Å². The van der Waals surface area contributed by atoms with Crippen LogP contribution in [0.25, 0.3) is 0 Å². The van der Waals surface area contributed by atoms with Crippen LogP contribution in [0.4, 0.5) is 4.39 Å². The summed E-state index contributed by atoms with van der Waals surface area (Å²) in [4.78, 5) is 42.0. The van der Waals surface area contributed by atoms with Crippen LogP contribution in [0.5, 0.6) is 11.5 Å². The van der Waals surface area contributed by atoms with E-state index in [0.717, 1.165) is 0 Å². The summed E-state index contributed by atoms with van der Waals surface area (Å²) >= 11 is 0. The van der Waals surface area contributed by atoms with E-state index >= 15 is 0 Å². The molecule has 0 aromatic carbocycles. The highest BCUT2D eigenvalue weighted by Gasteiger charge is 2.29. The predicted molar refractivity (Wildman–Crippen MR) is 143 cm³/mol. The standard InChI is InChI=1S/C28H39FN2O8/c1-16(2)24(17(3)10-11-21(36-8)18(4)29)20(6)38-28(34)19(5)31-27(33)25-26(22(37-9)12-14-30-25)39-23(32)13-15-35-7/h10-12,14,16,19-20,24H,3,13,15H2,1-2,4-9H3,(H,31,33)/b11-10-,21-18-/t19-,20-,24-/m0/s1.